The first-order valence-electron chi connectivity index (χ1n) is 11.9. The maximum atomic E-state index is 12.8. The zero-order chi connectivity index (χ0) is 22.6. The van der Waals surface area contributed by atoms with Crippen molar-refractivity contribution in [2.75, 3.05) is 49.1 Å². The number of hydrogen-bond donors (Lipinski definition) is 1. The molecule has 1 atom stereocenters. The molecule has 5 nitrogen and oxygen atoms in total. The first-order valence-corrected chi connectivity index (χ1v) is 11.9. The van der Waals surface area contributed by atoms with E-state index in [2.05, 4.69) is 69.4 Å². The number of fused-ring (bicyclic) bond motifs is 1. The number of carbonyl (C=O) groups is 1. The highest BCUT2D eigenvalue weighted by atomic mass is 16.2. The third kappa shape index (κ3) is 4.60. The van der Waals surface area contributed by atoms with E-state index in [-0.39, 0.29) is 12.1 Å². The lowest BCUT2D eigenvalue weighted by Crippen LogP contribution is -2.49. The topological polar surface area (TPSA) is 38.8 Å². The second-order valence-corrected chi connectivity index (χ2v) is 8.97. The fraction of sp³-hybridized carbons (Fsp3) is 0.321. The van der Waals surface area contributed by atoms with Crippen LogP contribution in [0, 0.1) is 6.92 Å². The largest absolute Gasteiger partial charge is 0.369 e. The average molecular weight is 441 g/mol. The van der Waals surface area contributed by atoms with Crippen molar-refractivity contribution in [3.63, 3.8) is 0 Å². The van der Waals surface area contributed by atoms with E-state index in [0.717, 1.165) is 62.5 Å². The van der Waals surface area contributed by atoms with Crippen molar-refractivity contribution in [1.82, 2.24) is 10.2 Å². The Morgan fingerprint density at radius 2 is 1.45 bits per heavy atom. The molecule has 0 radical (unpaired) electrons. The molecule has 1 fully saturated rings. The first-order chi connectivity index (χ1) is 16.2. The molecule has 5 rings (SSSR count). The summed E-state index contributed by atoms with van der Waals surface area (Å²) >= 11 is 0. The van der Waals surface area contributed by atoms with Crippen molar-refractivity contribution in [3.05, 3.63) is 95.6 Å². The van der Waals surface area contributed by atoms with Crippen LogP contribution < -0.4 is 15.1 Å². The number of amides is 1. The SMILES string of the molecule is Cc1ccccc1N1CCN(CCCN2c3ccccc3C(=O)NC2c2ccccc2)CC1. The minimum atomic E-state index is -0.133. The summed E-state index contributed by atoms with van der Waals surface area (Å²) in [5.74, 6) is 0.00281. The van der Waals surface area contributed by atoms with Gasteiger partial charge in [0.1, 0.15) is 6.17 Å². The Labute approximate surface area is 196 Å². The highest BCUT2D eigenvalue weighted by Gasteiger charge is 2.31. The Morgan fingerprint density at radius 3 is 2.21 bits per heavy atom. The first kappa shape index (κ1) is 21.5. The van der Waals surface area contributed by atoms with Crippen LogP contribution in [0.4, 0.5) is 11.4 Å². The summed E-state index contributed by atoms with van der Waals surface area (Å²) in [7, 11) is 0. The van der Waals surface area contributed by atoms with Gasteiger partial charge in [0.25, 0.3) is 5.91 Å². The highest BCUT2D eigenvalue weighted by Crippen LogP contribution is 2.33. The van der Waals surface area contributed by atoms with Crippen molar-refractivity contribution in [1.29, 1.82) is 0 Å². The van der Waals surface area contributed by atoms with Crippen molar-refractivity contribution in [3.8, 4) is 0 Å². The molecule has 170 valence electrons. The van der Waals surface area contributed by atoms with Gasteiger partial charge >= 0.3 is 0 Å². The van der Waals surface area contributed by atoms with Crippen LogP contribution in [0.2, 0.25) is 0 Å². The zero-order valence-corrected chi connectivity index (χ0v) is 19.3. The second-order valence-electron chi connectivity index (χ2n) is 8.97. The Kier molecular flexibility index (Phi) is 6.31. The lowest BCUT2D eigenvalue weighted by Gasteiger charge is -2.40. The molecule has 3 aromatic carbocycles. The molecule has 0 aliphatic carbocycles. The fourth-order valence-electron chi connectivity index (χ4n) is 5.08. The number of hydrogen-bond acceptors (Lipinski definition) is 4. The lowest BCUT2D eigenvalue weighted by molar-refractivity contribution is 0.0926. The minimum absolute atomic E-state index is 0.00281. The Bertz CT molecular complexity index is 1090. The molecule has 0 saturated carbocycles. The molecular formula is C28H32N4O. The van der Waals surface area contributed by atoms with Crippen LogP contribution in [-0.4, -0.2) is 50.1 Å². The fourth-order valence-corrected chi connectivity index (χ4v) is 5.08. The zero-order valence-electron chi connectivity index (χ0n) is 19.3. The standard InChI is InChI=1S/C28H32N4O/c1-22-10-5-7-14-25(22)31-20-18-30(19-21-31)16-9-17-32-26-15-8-6-13-24(26)28(33)29-27(32)23-11-3-2-4-12-23/h2-8,10-15,27H,9,16-21H2,1H3,(H,29,33). The number of nitrogens with one attached hydrogen (secondary N) is 1. The van der Waals surface area contributed by atoms with E-state index in [0.29, 0.717) is 0 Å². The number of para-hydroxylation sites is 2. The third-order valence-corrected chi connectivity index (χ3v) is 6.85. The number of benzene rings is 3. The Balaban J connectivity index is 1.23. The molecule has 1 amide bonds. The van der Waals surface area contributed by atoms with Gasteiger partial charge in [0.2, 0.25) is 0 Å². The smallest absolute Gasteiger partial charge is 0.255 e. The van der Waals surface area contributed by atoms with E-state index >= 15 is 0 Å². The number of rotatable bonds is 6. The van der Waals surface area contributed by atoms with Gasteiger partial charge in [-0.1, -0.05) is 60.7 Å². The van der Waals surface area contributed by atoms with Gasteiger partial charge < -0.3 is 15.1 Å². The van der Waals surface area contributed by atoms with E-state index in [4.69, 9.17) is 0 Å². The molecular weight excluding hydrogens is 408 g/mol. The summed E-state index contributed by atoms with van der Waals surface area (Å²) < 4.78 is 0. The van der Waals surface area contributed by atoms with Crippen molar-refractivity contribution in [2.24, 2.45) is 0 Å². The van der Waals surface area contributed by atoms with Crippen LogP contribution in [0.1, 0.15) is 34.1 Å². The number of anilines is 2. The van der Waals surface area contributed by atoms with Crippen molar-refractivity contribution >= 4 is 17.3 Å². The Hall–Kier alpha value is -3.31. The lowest BCUT2D eigenvalue weighted by atomic mass is 10.0. The summed E-state index contributed by atoms with van der Waals surface area (Å²) in [5.41, 5.74) is 5.62. The van der Waals surface area contributed by atoms with E-state index in [1.807, 2.05) is 36.4 Å². The van der Waals surface area contributed by atoms with E-state index in [9.17, 15) is 4.79 Å². The molecule has 1 N–H and O–H groups in total. The highest BCUT2D eigenvalue weighted by molar-refractivity contribution is 6.02. The molecule has 2 heterocycles. The van der Waals surface area contributed by atoms with Gasteiger partial charge in [0, 0.05) is 38.4 Å². The molecule has 0 aromatic heterocycles. The normalized spacial score (nSPS) is 18.7. The number of aryl methyl sites for hydroxylation is 1. The van der Waals surface area contributed by atoms with Gasteiger partial charge in [-0.25, -0.2) is 0 Å². The minimum Gasteiger partial charge on any atom is -0.369 e. The van der Waals surface area contributed by atoms with Crippen LogP contribution in [-0.2, 0) is 0 Å². The van der Waals surface area contributed by atoms with Crippen LogP contribution >= 0.6 is 0 Å². The number of nitrogens with zero attached hydrogens (tertiary/aromatic N) is 3. The maximum absolute atomic E-state index is 12.8. The summed E-state index contributed by atoms with van der Waals surface area (Å²) in [6, 6.07) is 26.9. The molecule has 5 heteroatoms. The summed E-state index contributed by atoms with van der Waals surface area (Å²) in [6.45, 7) is 8.47. The maximum Gasteiger partial charge on any atom is 0.255 e. The molecule has 1 saturated heterocycles. The quantitative estimate of drug-likeness (QED) is 0.614. The van der Waals surface area contributed by atoms with Crippen molar-refractivity contribution < 1.29 is 4.79 Å². The van der Waals surface area contributed by atoms with Crippen LogP contribution in [0.5, 0.6) is 0 Å². The summed E-state index contributed by atoms with van der Waals surface area (Å²) in [6.07, 6.45) is 0.921. The molecule has 3 aromatic rings. The van der Waals surface area contributed by atoms with Crippen LogP contribution in [0.3, 0.4) is 0 Å². The number of carbonyl (C=O) groups excluding carboxylic acids is 1. The molecule has 2 aliphatic rings. The van der Waals surface area contributed by atoms with Gasteiger partial charge in [-0.05, 0) is 49.2 Å². The molecule has 2 aliphatic heterocycles. The number of piperazine rings is 1. The van der Waals surface area contributed by atoms with Gasteiger partial charge in [0.15, 0.2) is 0 Å². The van der Waals surface area contributed by atoms with Gasteiger partial charge in [-0.2, -0.15) is 0 Å². The predicted octanol–water partition coefficient (Wildman–Crippen LogP) is 4.46. The summed E-state index contributed by atoms with van der Waals surface area (Å²) in [5, 5.41) is 3.22. The van der Waals surface area contributed by atoms with Crippen LogP contribution in [0.15, 0.2) is 78.9 Å². The molecule has 1 unspecified atom stereocenters. The average Bonchev–Trinajstić information content (AvgIpc) is 2.87. The van der Waals surface area contributed by atoms with E-state index < -0.39 is 0 Å². The predicted molar refractivity (Wildman–Crippen MR) is 135 cm³/mol. The third-order valence-electron chi connectivity index (χ3n) is 6.85. The van der Waals surface area contributed by atoms with E-state index in [1.165, 1.54) is 11.3 Å². The summed E-state index contributed by atoms with van der Waals surface area (Å²) in [4.78, 5) is 20.2. The van der Waals surface area contributed by atoms with Gasteiger partial charge in [-0.15, -0.1) is 0 Å². The van der Waals surface area contributed by atoms with Gasteiger partial charge in [-0.3, -0.25) is 9.69 Å². The molecule has 0 bridgehead atoms. The monoisotopic (exact) mass is 440 g/mol. The Morgan fingerprint density at radius 1 is 0.788 bits per heavy atom. The van der Waals surface area contributed by atoms with Crippen LogP contribution in [0.25, 0.3) is 0 Å². The van der Waals surface area contributed by atoms with Crippen molar-refractivity contribution in [2.45, 2.75) is 19.5 Å². The molecule has 0 spiro atoms. The second kappa shape index (κ2) is 9.67. The molecule has 33 heavy (non-hydrogen) atoms. The van der Waals surface area contributed by atoms with E-state index in [1.54, 1.807) is 0 Å². The van der Waals surface area contributed by atoms with Gasteiger partial charge in [0.05, 0.1) is 11.3 Å².